The van der Waals surface area contributed by atoms with Crippen LogP contribution in [-0.2, 0) is 13.6 Å². The van der Waals surface area contributed by atoms with Crippen molar-refractivity contribution in [2.75, 3.05) is 6.54 Å². The molecule has 0 aliphatic carbocycles. The average Bonchev–Trinajstić information content (AvgIpc) is 2.37. The largest absolute Gasteiger partial charge is 0.316 e. The molecule has 0 radical (unpaired) electrons. The Morgan fingerprint density at radius 3 is 2.56 bits per heavy atom. The van der Waals surface area contributed by atoms with Crippen molar-refractivity contribution in [2.45, 2.75) is 45.7 Å². The summed E-state index contributed by atoms with van der Waals surface area (Å²) in [5, 5.41) is 3.40. The highest BCUT2D eigenvalue weighted by molar-refractivity contribution is 4.84. The quantitative estimate of drug-likeness (QED) is 0.728. The van der Waals surface area contributed by atoms with E-state index in [-0.39, 0.29) is 0 Å². The minimum absolute atomic E-state index is 0.434. The molecule has 0 aliphatic rings. The third kappa shape index (κ3) is 3.84. The molecule has 18 heavy (non-hydrogen) atoms. The van der Waals surface area contributed by atoms with E-state index >= 15 is 0 Å². The molecule has 0 fully saturated rings. The summed E-state index contributed by atoms with van der Waals surface area (Å²) in [4.78, 5) is 23.1. The maximum Gasteiger partial charge on any atom is 0.316 e. The predicted octanol–water partition coefficient (Wildman–Crippen LogP) is 0.715. The van der Waals surface area contributed by atoms with Gasteiger partial charge in [0.15, 0.2) is 0 Å². The molecule has 1 aromatic heterocycles. The molecule has 0 amide bonds. The van der Waals surface area contributed by atoms with E-state index in [9.17, 15) is 9.59 Å². The predicted molar refractivity (Wildman–Crippen MR) is 72.9 cm³/mol. The lowest BCUT2D eigenvalue weighted by molar-refractivity contribution is 0.444. The highest BCUT2D eigenvalue weighted by Crippen LogP contribution is 2.02. The summed E-state index contributed by atoms with van der Waals surface area (Å²) in [5.41, 5.74) is -0.896. The number of aromatic nitrogens is 2. The molecule has 1 aromatic rings. The average molecular weight is 253 g/mol. The Kier molecular flexibility index (Phi) is 5.85. The second-order valence-corrected chi connectivity index (χ2v) is 4.52. The van der Waals surface area contributed by atoms with Crippen molar-refractivity contribution in [3.05, 3.63) is 33.1 Å². The van der Waals surface area contributed by atoms with Gasteiger partial charge in [-0.15, -0.1) is 0 Å². The number of hydrogen-bond donors (Lipinski definition) is 1. The van der Waals surface area contributed by atoms with E-state index in [1.165, 1.54) is 9.13 Å². The summed E-state index contributed by atoms with van der Waals surface area (Å²) in [6.45, 7) is 5.81. The first-order chi connectivity index (χ1) is 8.60. The molecular formula is C13H23N3O2. The second-order valence-electron chi connectivity index (χ2n) is 4.52. The molecule has 0 saturated carbocycles. The Morgan fingerprint density at radius 2 is 1.94 bits per heavy atom. The highest BCUT2D eigenvalue weighted by atomic mass is 16.2. The summed E-state index contributed by atoms with van der Waals surface area (Å²) in [6, 6.07) is 0.497. The molecule has 0 spiro atoms. The Hall–Kier alpha value is -1.36. The zero-order valence-electron chi connectivity index (χ0n) is 11.5. The van der Waals surface area contributed by atoms with Crippen molar-refractivity contribution in [1.82, 2.24) is 14.5 Å². The zero-order chi connectivity index (χ0) is 13.5. The van der Waals surface area contributed by atoms with Crippen LogP contribution in [0, 0.1) is 0 Å². The van der Waals surface area contributed by atoms with Crippen LogP contribution < -0.4 is 16.4 Å². The van der Waals surface area contributed by atoms with Crippen molar-refractivity contribution >= 4 is 0 Å². The monoisotopic (exact) mass is 253 g/mol. The standard InChI is InChI=1S/C13H23N3O2/c1-4-11(14-5-2)7-6-8-16-10-9-15(3)12(17)13(16)18/h9-11,14H,4-8H2,1-3H3. The molecule has 5 heteroatoms. The molecule has 1 rings (SSSR count). The first-order valence-corrected chi connectivity index (χ1v) is 6.59. The summed E-state index contributed by atoms with van der Waals surface area (Å²) in [5.74, 6) is 0. The third-order valence-corrected chi connectivity index (χ3v) is 3.17. The Balaban J connectivity index is 2.57. The van der Waals surface area contributed by atoms with Crippen LogP contribution in [-0.4, -0.2) is 21.7 Å². The molecule has 102 valence electrons. The maximum atomic E-state index is 11.7. The van der Waals surface area contributed by atoms with Crippen molar-refractivity contribution in [3.63, 3.8) is 0 Å². The van der Waals surface area contributed by atoms with Crippen LogP contribution in [0.15, 0.2) is 22.0 Å². The minimum atomic E-state index is -0.462. The lowest BCUT2D eigenvalue weighted by atomic mass is 10.1. The molecule has 0 bridgehead atoms. The fraction of sp³-hybridized carbons (Fsp3) is 0.692. The Bertz CT molecular complexity index is 476. The Morgan fingerprint density at radius 1 is 1.22 bits per heavy atom. The van der Waals surface area contributed by atoms with Crippen LogP contribution in [0.3, 0.4) is 0 Å². The first-order valence-electron chi connectivity index (χ1n) is 6.59. The molecule has 0 saturated heterocycles. The Labute approximate surface area is 107 Å². The van der Waals surface area contributed by atoms with E-state index in [0.717, 1.165) is 25.8 Å². The van der Waals surface area contributed by atoms with Gasteiger partial charge in [-0.1, -0.05) is 13.8 Å². The molecule has 0 aliphatic heterocycles. The van der Waals surface area contributed by atoms with Crippen LogP contribution in [0.1, 0.15) is 33.1 Å². The van der Waals surface area contributed by atoms with E-state index in [0.29, 0.717) is 12.6 Å². The van der Waals surface area contributed by atoms with Crippen molar-refractivity contribution in [3.8, 4) is 0 Å². The second kappa shape index (κ2) is 7.16. The van der Waals surface area contributed by atoms with Gasteiger partial charge in [0.05, 0.1) is 0 Å². The lowest BCUT2D eigenvalue weighted by Crippen LogP contribution is -2.39. The van der Waals surface area contributed by atoms with E-state index in [4.69, 9.17) is 0 Å². The van der Waals surface area contributed by atoms with Gasteiger partial charge in [0.1, 0.15) is 0 Å². The van der Waals surface area contributed by atoms with E-state index in [1.54, 1.807) is 19.4 Å². The lowest BCUT2D eigenvalue weighted by Gasteiger charge is -2.15. The van der Waals surface area contributed by atoms with Gasteiger partial charge in [-0.05, 0) is 25.8 Å². The number of aryl methyl sites for hydroxylation is 2. The molecular weight excluding hydrogens is 230 g/mol. The van der Waals surface area contributed by atoms with Crippen molar-refractivity contribution < 1.29 is 0 Å². The van der Waals surface area contributed by atoms with Crippen LogP contribution in [0.25, 0.3) is 0 Å². The zero-order valence-corrected chi connectivity index (χ0v) is 11.5. The van der Waals surface area contributed by atoms with Crippen LogP contribution in [0.5, 0.6) is 0 Å². The molecule has 1 N–H and O–H groups in total. The molecule has 0 aromatic carbocycles. The fourth-order valence-corrected chi connectivity index (χ4v) is 2.01. The van der Waals surface area contributed by atoms with Gasteiger partial charge in [0.25, 0.3) is 0 Å². The van der Waals surface area contributed by atoms with Gasteiger partial charge < -0.3 is 14.5 Å². The number of rotatable bonds is 7. The van der Waals surface area contributed by atoms with Gasteiger partial charge in [0, 0.05) is 32.0 Å². The van der Waals surface area contributed by atoms with Gasteiger partial charge in [0.2, 0.25) is 0 Å². The summed E-state index contributed by atoms with van der Waals surface area (Å²) in [6.07, 6.45) is 6.31. The summed E-state index contributed by atoms with van der Waals surface area (Å²) in [7, 11) is 1.59. The number of nitrogens with zero attached hydrogens (tertiary/aromatic N) is 2. The highest BCUT2D eigenvalue weighted by Gasteiger charge is 2.05. The smallest absolute Gasteiger partial charge is 0.314 e. The normalized spacial score (nSPS) is 12.6. The summed E-state index contributed by atoms with van der Waals surface area (Å²) < 4.78 is 2.81. The van der Waals surface area contributed by atoms with E-state index in [2.05, 4.69) is 19.2 Å². The SMILES string of the molecule is CCNC(CC)CCCn1ccn(C)c(=O)c1=O. The topological polar surface area (TPSA) is 56.0 Å². The molecule has 5 nitrogen and oxygen atoms in total. The number of hydrogen-bond acceptors (Lipinski definition) is 3. The summed E-state index contributed by atoms with van der Waals surface area (Å²) >= 11 is 0. The van der Waals surface area contributed by atoms with E-state index in [1.807, 2.05) is 0 Å². The van der Waals surface area contributed by atoms with Crippen molar-refractivity contribution in [2.24, 2.45) is 7.05 Å². The first kappa shape index (κ1) is 14.7. The van der Waals surface area contributed by atoms with Crippen LogP contribution in [0.4, 0.5) is 0 Å². The van der Waals surface area contributed by atoms with E-state index < -0.39 is 11.1 Å². The molecule has 1 unspecified atom stereocenters. The maximum absolute atomic E-state index is 11.7. The molecule has 1 heterocycles. The number of nitrogens with one attached hydrogen (secondary N) is 1. The fourth-order valence-electron chi connectivity index (χ4n) is 2.01. The van der Waals surface area contributed by atoms with Gasteiger partial charge in [-0.3, -0.25) is 9.59 Å². The minimum Gasteiger partial charge on any atom is -0.314 e. The molecule has 1 atom stereocenters. The van der Waals surface area contributed by atoms with Crippen LogP contribution in [0.2, 0.25) is 0 Å². The van der Waals surface area contributed by atoms with Crippen molar-refractivity contribution in [1.29, 1.82) is 0 Å². The van der Waals surface area contributed by atoms with Gasteiger partial charge in [-0.2, -0.15) is 0 Å². The van der Waals surface area contributed by atoms with Gasteiger partial charge in [-0.25, -0.2) is 0 Å². The van der Waals surface area contributed by atoms with Gasteiger partial charge >= 0.3 is 11.1 Å². The van der Waals surface area contributed by atoms with Crippen LogP contribution >= 0.6 is 0 Å². The third-order valence-electron chi connectivity index (χ3n) is 3.17.